The van der Waals surface area contributed by atoms with Crippen LogP contribution in [0.1, 0.15) is 32.1 Å². The van der Waals surface area contributed by atoms with Crippen LogP contribution in [-0.4, -0.2) is 17.3 Å². The summed E-state index contributed by atoms with van der Waals surface area (Å²) in [6, 6.07) is -0.0295. The molecule has 2 aliphatic carbocycles. The van der Waals surface area contributed by atoms with Gasteiger partial charge in [0.1, 0.15) is 0 Å². The molecule has 0 aromatic heterocycles. The Labute approximate surface area is 78.2 Å². The molecular formula is C9H16N3O-. The zero-order chi connectivity index (χ0) is 9.26. The van der Waals surface area contributed by atoms with Crippen molar-refractivity contribution in [3.8, 4) is 0 Å². The predicted molar refractivity (Wildman–Crippen MR) is 48.8 cm³/mol. The van der Waals surface area contributed by atoms with E-state index in [-0.39, 0.29) is 12.1 Å². The second-order valence-electron chi connectivity index (χ2n) is 4.27. The molecule has 4 atom stereocenters. The molecule has 0 heterocycles. The van der Waals surface area contributed by atoms with E-state index in [0.29, 0.717) is 11.8 Å². The van der Waals surface area contributed by atoms with Gasteiger partial charge in [-0.15, -0.1) is 0 Å². The number of aliphatic hydroxyl groups excluding tert-OH is 1. The van der Waals surface area contributed by atoms with E-state index >= 15 is 0 Å². The lowest BCUT2D eigenvalue weighted by Gasteiger charge is -2.27. The van der Waals surface area contributed by atoms with E-state index in [1.54, 1.807) is 0 Å². The first kappa shape index (κ1) is 8.94. The SMILES string of the molecule is [N-]=NN[C@H]1C[C@@H]2CCCC[C@@H]2[C@@H]1O. The fraction of sp³-hybridized carbons (Fsp3) is 1.00. The summed E-state index contributed by atoms with van der Waals surface area (Å²) in [5, 5.41) is 12.8. The van der Waals surface area contributed by atoms with Gasteiger partial charge in [0.2, 0.25) is 0 Å². The average molecular weight is 182 g/mol. The third kappa shape index (κ3) is 1.55. The van der Waals surface area contributed by atoms with E-state index in [1.165, 1.54) is 19.3 Å². The van der Waals surface area contributed by atoms with Gasteiger partial charge in [0, 0.05) is 6.04 Å². The van der Waals surface area contributed by atoms with Gasteiger partial charge in [-0.2, -0.15) is 0 Å². The molecule has 0 unspecified atom stereocenters. The van der Waals surface area contributed by atoms with Gasteiger partial charge in [-0.3, -0.25) is 5.22 Å². The summed E-state index contributed by atoms with van der Waals surface area (Å²) >= 11 is 0. The molecule has 13 heavy (non-hydrogen) atoms. The first-order valence-corrected chi connectivity index (χ1v) is 5.10. The second kappa shape index (κ2) is 3.62. The molecule has 2 N–H and O–H groups in total. The predicted octanol–water partition coefficient (Wildman–Crippen LogP) is 1.45. The van der Waals surface area contributed by atoms with Gasteiger partial charge in [0.25, 0.3) is 0 Å². The van der Waals surface area contributed by atoms with Crippen molar-refractivity contribution in [1.29, 1.82) is 0 Å². The van der Waals surface area contributed by atoms with Crippen LogP contribution in [0.4, 0.5) is 0 Å². The zero-order valence-electron chi connectivity index (χ0n) is 7.69. The Morgan fingerprint density at radius 3 is 2.77 bits per heavy atom. The third-order valence-electron chi connectivity index (χ3n) is 3.60. The first-order valence-electron chi connectivity index (χ1n) is 5.10. The van der Waals surface area contributed by atoms with Crippen molar-refractivity contribution < 1.29 is 5.11 Å². The number of rotatable bonds is 2. The molecule has 0 spiro atoms. The van der Waals surface area contributed by atoms with Crippen molar-refractivity contribution in [1.82, 2.24) is 5.43 Å². The highest BCUT2D eigenvalue weighted by Crippen LogP contribution is 2.42. The smallest absolute Gasteiger partial charge is 0.0604 e. The van der Waals surface area contributed by atoms with E-state index in [2.05, 4.69) is 10.6 Å². The molecule has 0 aliphatic heterocycles. The Kier molecular flexibility index (Phi) is 2.49. The summed E-state index contributed by atoms with van der Waals surface area (Å²) < 4.78 is 0. The minimum Gasteiger partial charge on any atom is -0.408 e. The maximum Gasteiger partial charge on any atom is 0.0604 e. The number of hydrogen-bond acceptors (Lipinski definition) is 2. The van der Waals surface area contributed by atoms with E-state index in [0.717, 1.165) is 12.8 Å². The fourth-order valence-electron chi connectivity index (χ4n) is 2.95. The van der Waals surface area contributed by atoms with Crippen LogP contribution in [0, 0.1) is 11.8 Å². The van der Waals surface area contributed by atoms with E-state index in [1.807, 2.05) is 0 Å². The summed E-state index contributed by atoms with van der Waals surface area (Å²) in [6.07, 6.45) is 5.52. The topological polar surface area (TPSA) is 66.9 Å². The molecule has 2 rings (SSSR count). The summed E-state index contributed by atoms with van der Waals surface area (Å²) in [5.41, 5.74) is 11.0. The number of nitrogens with zero attached hydrogens (tertiary/aromatic N) is 2. The van der Waals surface area contributed by atoms with Crippen molar-refractivity contribution >= 4 is 0 Å². The minimum absolute atomic E-state index is 0.0295. The largest absolute Gasteiger partial charge is 0.408 e. The molecule has 0 aromatic rings. The highest BCUT2D eigenvalue weighted by atomic mass is 16.3. The Morgan fingerprint density at radius 2 is 2.08 bits per heavy atom. The van der Waals surface area contributed by atoms with Crippen molar-refractivity contribution in [2.24, 2.45) is 17.1 Å². The van der Waals surface area contributed by atoms with Crippen LogP contribution >= 0.6 is 0 Å². The Hall–Kier alpha value is -0.640. The van der Waals surface area contributed by atoms with Crippen LogP contribution in [0.5, 0.6) is 0 Å². The van der Waals surface area contributed by atoms with Crippen LogP contribution in [-0.2, 0) is 0 Å². The van der Waals surface area contributed by atoms with Crippen molar-refractivity contribution in [3.05, 3.63) is 5.53 Å². The van der Waals surface area contributed by atoms with E-state index in [9.17, 15) is 5.11 Å². The molecule has 0 aromatic carbocycles. The minimum atomic E-state index is -0.318. The lowest BCUT2D eigenvalue weighted by Crippen LogP contribution is -2.35. The molecule has 0 amide bonds. The van der Waals surface area contributed by atoms with Gasteiger partial charge in [-0.25, -0.2) is 0 Å². The van der Waals surface area contributed by atoms with Gasteiger partial charge in [-0.1, -0.05) is 19.3 Å². The molecule has 2 aliphatic rings. The van der Waals surface area contributed by atoms with E-state index < -0.39 is 0 Å². The summed E-state index contributed by atoms with van der Waals surface area (Å²) in [5.74, 6) is 1.08. The van der Waals surface area contributed by atoms with Crippen LogP contribution in [0.25, 0.3) is 5.53 Å². The second-order valence-corrected chi connectivity index (χ2v) is 4.27. The van der Waals surface area contributed by atoms with Gasteiger partial charge < -0.3 is 16.1 Å². The van der Waals surface area contributed by atoms with Crippen molar-refractivity contribution in [3.63, 3.8) is 0 Å². The highest BCUT2D eigenvalue weighted by molar-refractivity contribution is 4.95. The van der Waals surface area contributed by atoms with Gasteiger partial charge in [0.15, 0.2) is 0 Å². The maximum absolute atomic E-state index is 9.88. The number of hydrogen-bond donors (Lipinski definition) is 2. The lowest BCUT2D eigenvalue weighted by molar-refractivity contribution is 0.0798. The molecule has 74 valence electrons. The fourth-order valence-corrected chi connectivity index (χ4v) is 2.95. The van der Waals surface area contributed by atoms with Crippen molar-refractivity contribution in [2.75, 3.05) is 0 Å². The molecular weight excluding hydrogens is 166 g/mol. The molecule has 0 saturated heterocycles. The Morgan fingerprint density at radius 1 is 1.31 bits per heavy atom. The Balaban J connectivity index is 2.00. The third-order valence-corrected chi connectivity index (χ3v) is 3.60. The molecule has 0 bridgehead atoms. The summed E-state index contributed by atoms with van der Waals surface area (Å²) in [6.45, 7) is 0. The quantitative estimate of drug-likeness (QED) is 0.501. The first-order chi connectivity index (χ1) is 6.33. The standard InChI is InChI=1S/C9H16N3O/c10-12-11-8-5-6-3-1-2-4-7(6)9(8)13/h6-9,13H,1-5H2,(H-,10,11)/q-1/t6-,7-,8-,9-/m0/s1. The van der Waals surface area contributed by atoms with Crippen LogP contribution in [0.3, 0.4) is 0 Å². The summed E-state index contributed by atoms with van der Waals surface area (Å²) in [4.78, 5) is 0. The number of nitrogens with one attached hydrogen (secondary N) is 1. The van der Waals surface area contributed by atoms with Crippen molar-refractivity contribution in [2.45, 2.75) is 44.2 Å². The van der Waals surface area contributed by atoms with Crippen LogP contribution < -0.4 is 5.43 Å². The van der Waals surface area contributed by atoms with Gasteiger partial charge in [-0.05, 0) is 24.7 Å². The Bertz CT molecular complexity index is 197. The average Bonchev–Trinajstić information content (AvgIpc) is 2.46. The van der Waals surface area contributed by atoms with E-state index in [4.69, 9.17) is 5.53 Å². The zero-order valence-corrected chi connectivity index (χ0v) is 7.69. The molecule has 2 saturated carbocycles. The summed E-state index contributed by atoms with van der Waals surface area (Å²) in [7, 11) is 0. The normalized spacial score (nSPS) is 44.1. The molecule has 0 radical (unpaired) electrons. The van der Waals surface area contributed by atoms with Gasteiger partial charge in [0.05, 0.1) is 6.10 Å². The van der Waals surface area contributed by atoms with Gasteiger partial charge >= 0.3 is 0 Å². The molecule has 2 fully saturated rings. The highest BCUT2D eigenvalue weighted by Gasteiger charge is 2.40. The monoisotopic (exact) mass is 182 g/mol. The van der Waals surface area contributed by atoms with Crippen LogP contribution in [0.15, 0.2) is 5.22 Å². The molecule has 4 heteroatoms. The number of fused-ring (bicyclic) bond motifs is 1. The lowest BCUT2D eigenvalue weighted by atomic mass is 9.81. The van der Waals surface area contributed by atoms with Crippen LogP contribution in [0.2, 0.25) is 0 Å². The number of aliphatic hydroxyl groups is 1. The molecule has 4 nitrogen and oxygen atoms in total. The maximum atomic E-state index is 9.88.